The van der Waals surface area contributed by atoms with E-state index in [-0.39, 0.29) is 17.2 Å². The van der Waals surface area contributed by atoms with Crippen molar-refractivity contribution in [3.8, 4) is 0 Å². The molecule has 5 nitrogen and oxygen atoms in total. The van der Waals surface area contributed by atoms with Crippen molar-refractivity contribution < 1.29 is 23.8 Å². The Bertz CT molecular complexity index is 488. The fourth-order valence-corrected chi connectivity index (χ4v) is 1.52. The molecule has 110 valence electrons. The van der Waals surface area contributed by atoms with Crippen LogP contribution in [0.25, 0.3) is 0 Å². The molecular formula is C14H18FNO4. The van der Waals surface area contributed by atoms with Gasteiger partial charge in [-0.25, -0.2) is 9.18 Å². The number of hydrogen-bond donors (Lipinski definition) is 2. The second-order valence-electron chi connectivity index (χ2n) is 4.53. The van der Waals surface area contributed by atoms with Crippen molar-refractivity contribution in [2.45, 2.75) is 26.4 Å². The molecule has 6 heteroatoms. The van der Waals surface area contributed by atoms with Crippen molar-refractivity contribution in [3.63, 3.8) is 0 Å². The third-order valence-electron chi connectivity index (χ3n) is 2.52. The molecule has 20 heavy (non-hydrogen) atoms. The van der Waals surface area contributed by atoms with Gasteiger partial charge in [0.25, 0.3) is 5.91 Å². The number of halogens is 1. The van der Waals surface area contributed by atoms with Crippen LogP contribution in [0.5, 0.6) is 0 Å². The zero-order valence-electron chi connectivity index (χ0n) is 11.5. The van der Waals surface area contributed by atoms with Crippen molar-refractivity contribution in [2.75, 3.05) is 13.2 Å². The molecule has 0 aliphatic carbocycles. The fraction of sp³-hybridized carbons (Fsp3) is 0.429. The van der Waals surface area contributed by atoms with Crippen LogP contribution in [0.2, 0.25) is 0 Å². The van der Waals surface area contributed by atoms with Crippen LogP contribution in [0.3, 0.4) is 0 Å². The van der Waals surface area contributed by atoms with Gasteiger partial charge in [0.05, 0.1) is 17.2 Å². The highest BCUT2D eigenvalue weighted by atomic mass is 19.1. The van der Waals surface area contributed by atoms with E-state index in [1.54, 1.807) is 0 Å². The number of nitrogens with one attached hydrogen (secondary N) is 1. The van der Waals surface area contributed by atoms with Gasteiger partial charge < -0.3 is 15.2 Å². The lowest BCUT2D eigenvalue weighted by molar-refractivity contribution is 0.0694. The maximum atomic E-state index is 13.6. The molecule has 1 rings (SSSR count). The topological polar surface area (TPSA) is 75.6 Å². The molecule has 0 fully saturated rings. The summed E-state index contributed by atoms with van der Waals surface area (Å²) >= 11 is 0. The van der Waals surface area contributed by atoms with Crippen LogP contribution in [0, 0.1) is 5.82 Å². The Labute approximate surface area is 116 Å². The first-order chi connectivity index (χ1) is 9.41. The number of hydrogen-bond acceptors (Lipinski definition) is 3. The Morgan fingerprint density at radius 1 is 1.40 bits per heavy atom. The quantitative estimate of drug-likeness (QED) is 0.751. The van der Waals surface area contributed by atoms with Gasteiger partial charge in [-0.1, -0.05) is 0 Å². The molecule has 1 amide bonds. The molecule has 2 N–H and O–H groups in total. The summed E-state index contributed by atoms with van der Waals surface area (Å²) in [7, 11) is 0. The van der Waals surface area contributed by atoms with E-state index in [1.807, 2.05) is 13.8 Å². The molecule has 0 aliphatic rings. The molecule has 0 radical (unpaired) electrons. The Morgan fingerprint density at radius 2 is 2.10 bits per heavy atom. The second-order valence-corrected chi connectivity index (χ2v) is 4.53. The lowest BCUT2D eigenvalue weighted by atomic mass is 10.1. The molecule has 0 saturated heterocycles. The van der Waals surface area contributed by atoms with Crippen LogP contribution >= 0.6 is 0 Å². The smallest absolute Gasteiger partial charge is 0.335 e. The van der Waals surface area contributed by atoms with Gasteiger partial charge in [-0.3, -0.25) is 4.79 Å². The summed E-state index contributed by atoms with van der Waals surface area (Å²) in [5.41, 5.74) is -0.357. The van der Waals surface area contributed by atoms with Crippen molar-refractivity contribution in [2.24, 2.45) is 0 Å². The highest BCUT2D eigenvalue weighted by Gasteiger charge is 2.13. The first kappa shape index (κ1) is 16.1. The van der Waals surface area contributed by atoms with Crippen LogP contribution in [0.1, 0.15) is 41.0 Å². The summed E-state index contributed by atoms with van der Waals surface area (Å²) in [6.07, 6.45) is 0.755. The third-order valence-corrected chi connectivity index (χ3v) is 2.52. The maximum absolute atomic E-state index is 13.6. The van der Waals surface area contributed by atoms with E-state index in [4.69, 9.17) is 9.84 Å². The van der Waals surface area contributed by atoms with E-state index in [0.717, 1.165) is 6.07 Å². The molecule has 0 atom stereocenters. The normalized spacial score (nSPS) is 10.6. The molecule has 0 heterocycles. The van der Waals surface area contributed by atoms with Gasteiger partial charge in [0.1, 0.15) is 5.82 Å². The lowest BCUT2D eigenvalue weighted by Crippen LogP contribution is -2.26. The summed E-state index contributed by atoms with van der Waals surface area (Å²) in [5.74, 6) is -2.65. The monoisotopic (exact) mass is 283 g/mol. The van der Waals surface area contributed by atoms with E-state index in [2.05, 4.69) is 5.32 Å². The van der Waals surface area contributed by atoms with E-state index >= 15 is 0 Å². The summed E-state index contributed by atoms with van der Waals surface area (Å²) in [6, 6.07) is 3.19. The van der Waals surface area contributed by atoms with Crippen LogP contribution in [0.15, 0.2) is 18.2 Å². The van der Waals surface area contributed by atoms with E-state index in [9.17, 15) is 14.0 Å². The summed E-state index contributed by atoms with van der Waals surface area (Å²) < 4.78 is 18.9. The van der Waals surface area contributed by atoms with Crippen molar-refractivity contribution in [1.29, 1.82) is 0 Å². The standard InChI is InChI=1S/C14H18FNO4/c1-9(2)20-7-3-6-16-13(17)11-5-4-10(14(18)19)8-12(11)15/h4-5,8-9H,3,6-7H2,1-2H3,(H,16,17)(H,18,19). The van der Waals surface area contributed by atoms with Gasteiger partial charge in [0, 0.05) is 13.2 Å². The number of carbonyl (C=O) groups is 2. The minimum Gasteiger partial charge on any atom is -0.478 e. The summed E-state index contributed by atoms with van der Waals surface area (Å²) in [4.78, 5) is 22.4. The Kier molecular flexibility index (Phi) is 6.11. The molecule has 0 aliphatic heterocycles. The van der Waals surface area contributed by atoms with Crippen LogP contribution in [0.4, 0.5) is 4.39 Å². The van der Waals surface area contributed by atoms with E-state index in [1.165, 1.54) is 12.1 Å². The minimum absolute atomic E-state index is 0.131. The van der Waals surface area contributed by atoms with Gasteiger partial charge in [-0.05, 0) is 38.5 Å². The van der Waals surface area contributed by atoms with Crippen LogP contribution in [-0.4, -0.2) is 36.2 Å². The predicted molar refractivity (Wildman–Crippen MR) is 71.4 cm³/mol. The van der Waals surface area contributed by atoms with E-state index < -0.39 is 17.7 Å². The molecule has 0 bridgehead atoms. The molecule has 0 saturated carbocycles. The average Bonchev–Trinajstić information content (AvgIpc) is 2.37. The highest BCUT2D eigenvalue weighted by Crippen LogP contribution is 2.10. The number of carboxylic acid groups (broad SMARTS) is 1. The predicted octanol–water partition coefficient (Wildman–Crippen LogP) is 2.07. The van der Waals surface area contributed by atoms with Crippen molar-refractivity contribution >= 4 is 11.9 Å². The third kappa shape index (κ3) is 4.97. The minimum atomic E-state index is -1.23. The molecule has 0 spiro atoms. The Hall–Kier alpha value is -1.95. The number of carbonyl (C=O) groups excluding carboxylic acids is 1. The van der Waals surface area contributed by atoms with Crippen LogP contribution in [-0.2, 0) is 4.74 Å². The average molecular weight is 283 g/mol. The number of aromatic carboxylic acids is 1. The van der Waals surface area contributed by atoms with Crippen LogP contribution < -0.4 is 5.32 Å². The molecule has 0 aromatic heterocycles. The number of benzene rings is 1. The first-order valence-corrected chi connectivity index (χ1v) is 6.34. The second kappa shape index (κ2) is 7.59. The Balaban J connectivity index is 2.49. The van der Waals surface area contributed by atoms with Crippen molar-refractivity contribution in [3.05, 3.63) is 35.1 Å². The number of ether oxygens (including phenoxy) is 1. The fourth-order valence-electron chi connectivity index (χ4n) is 1.52. The molecule has 0 unspecified atom stereocenters. The zero-order valence-corrected chi connectivity index (χ0v) is 11.5. The summed E-state index contributed by atoms with van der Waals surface area (Å²) in [6.45, 7) is 4.71. The largest absolute Gasteiger partial charge is 0.478 e. The first-order valence-electron chi connectivity index (χ1n) is 6.34. The van der Waals surface area contributed by atoms with Gasteiger partial charge in [0.15, 0.2) is 0 Å². The molecule has 1 aromatic carbocycles. The summed E-state index contributed by atoms with van der Waals surface area (Å²) in [5, 5.41) is 11.3. The van der Waals surface area contributed by atoms with Gasteiger partial charge in [0.2, 0.25) is 0 Å². The number of rotatable bonds is 7. The van der Waals surface area contributed by atoms with Gasteiger partial charge >= 0.3 is 5.97 Å². The number of carboxylic acids is 1. The zero-order chi connectivity index (χ0) is 15.1. The Morgan fingerprint density at radius 3 is 2.65 bits per heavy atom. The van der Waals surface area contributed by atoms with Crippen molar-refractivity contribution in [1.82, 2.24) is 5.32 Å². The highest BCUT2D eigenvalue weighted by molar-refractivity contribution is 5.96. The molecular weight excluding hydrogens is 265 g/mol. The van der Waals surface area contributed by atoms with Gasteiger partial charge in [-0.15, -0.1) is 0 Å². The number of amides is 1. The maximum Gasteiger partial charge on any atom is 0.335 e. The van der Waals surface area contributed by atoms with E-state index in [0.29, 0.717) is 19.6 Å². The SMILES string of the molecule is CC(C)OCCCNC(=O)c1ccc(C(=O)O)cc1F. The molecule has 1 aromatic rings. The van der Waals surface area contributed by atoms with Gasteiger partial charge in [-0.2, -0.15) is 0 Å². The lowest BCUT2D eigenvalue weighted by Gasteiger charge is -2.09.